The van der Waals surface area contributed by atoms with Crippen molar-refractivity contribution in [3.05, 3.63) is 53.6 Å². The van der Waals surface area contributed by atoms with Gasteiger partial charge in [0.2, 0.25) is 15.9 Å². The van der Waals surface area contributed by atoms with Gasteiger partial charge in [-0.2, -0.15) is 0 Å². The van der Waals surface area contributed by atoms with Crippen LogP contribution in [0.15, 0.2) is 42.5 Å². The average molecular weight is 417 g/mol. The highest BCUT2D eigenvalue weighted by atomic mass is 32.2. The van der Waals surface area contributed by atoms with Crippen LogP contribution in [0.5, 0.6) is 5.75 Å². The minimum atomic E-state index is -3.87. The van der Waals surface area contributed by atoms with Crippen molar-refractivity contribution < 1.29 is 17.9 Å². The fraction of sp³-hybridized carbons (Fsp3) is 0.409. The van der Waals surface area contributed by atoms with Crippen molar-refractivity contribution in [1.29, 1.82) is 0 Å². The van der Waals surface area contributed by atoms with Crippen LogP contribution >= 0.6 is 0 Å². The fourth-order valence-corrected chi connectivity index (χ4v) is 5.60. The highest BCUT2D eigenvalue weighted by Crippen LogP contribution is 2.40. The molecule has 0 unspecified atom stereocenters. The number of rotatable bonds is 5. The van der Waals surface area contributed by atoms with E-state index in [0.29, 0.717) is 17.1 Å². The summed E-state index contributed by atoms with van der Waals surface area (Å²) in [4.78, 5) is 13.0. The Balaban J connectivity index is 1.84. The summed E-state index contributed by atoms with van der Waals surface area (Å²) < 4.78 is 32.2. The first kappa shape index (κ1) is 21.2. The number of carbonyl (C=O) groups excluding carboxylic acids is 1. The van der Waals surface area contributed by atoms with E-state index in [1.807, 2.05) is 45.9 Å². The number of nitrogens with zero attached hydrogens (tertiary/aromatic N) is 1. The molecule has 1 heterocycles. The van der Waals surface area contributed by atoms with Crippen molar-refractivity contribution in [1.82, 2.24) is 0 Å². The summed E-state index contributed by atoms with van der Waals surface area (Å²) >= 11 is 0. The predicted molar refractivity (Wildman–Crippen MR) is 116 cm³/mol. The Hall–Kier alpha value is -2.54. The van der Waals surface area contributed by atoms with Crippen molar-refractivity contribution in [2.45, 2.75) is 51.9 Å². The lowest BCUT2D eigenvalue weighted by molar-refractivity contribution is -0.118. The Morgan fingerprint density at radius 1 is 1.10 bits per heavy atom. The number of nitrogens with one attached hydrogen (secondary N) is 1. The molecule has 6 nitrogen and oxygen atoms in total. The maximum Gasteiger partial charge on any atom is 0.249 e. The first-order chi connectivity index (χ1) is 13.6. The van der Waals surface area contributed by atoms with Crippen LogP contribution in [0.4, 0.5) is 11.4 Å². The van der Waals surface area contributed by atoms with E-state index in [9.17, 15) is 13.2 Å². The number of sulfonamides is 1. The van der Waals surface area contributed by atoms with Gasteiger partial charge in [-0.1, -0.05) is 18.2 Å². The molecule has 1 fully saturated rings. The molecule has 7 heteroatoms. The van der Waals surface area contributed by atoms with E-state index in [2.05, 4.69) is 5.32 Å². The summed E-state index contributed by atoms with van der Waals surface area (Å²) in [5.41, 5.74) is 2.95. The van der Waals surface area contributed by atoms with E-state index in [-0.39, 0.29) is 19.1 Å². The molecule has 156 valence electrons. The zero-order valence-corrected chi connectivity index (χ0v) is 18.3. The van der Waals surface area contributed by atoms with E-state index in [0.717, 1.165) is 11.1 Å². The molecule has 2 aromatic rings. The first-order valence-corrected chi connectivity index (χ1v) is 11.2. The van der Waals surface area contributed by atoms with E-state index in [4.69, 9.17) is 4.74 Å². The molecule has 2 aromatic carbocycles. The van der Waals surface area contributed by atoms with Gasteiger partial charge in [0.1, 0.15) is 5.75 Å². The average Bonchev–Trinajstić information content (AvgIpc) is 2.87. The summed E-state index contributed by atoms with van der Waals surface area (Å²) in [6, 6.07) is 12.6. The van der Waals surface area contributed by atoms with Crippen molar-refractivity contribution in [2.24, 2.45) is 0 Å². The minimum Gasteiger partial charge on any atom is -0.491 e. The van der Waals surface area contributed by atoms with Crippen molar-refractivity contribution in [3.63, 3.8) is 0 Å². The lowest BCUT2D eigenvalue weighted by atomic mass is 10.1. The maximum absolute atomic E-state index is 13.4. The summed E-state index contributed by atoms with van der Waals surface area (Å²) in [6.45, 7) is 9.41. The molecule has 1 aliphatic heterocycles. The molecule has 0 aliphatic carbocycles. The zero-order chi connectivity index (χ0) is 21.4. The molecule has 0 bridgehead atoms. The van der Waals surface area contributed by atoms with Gasteiger partial charge in [0.25, 0.3) is 0 Å². The minimum absolute atomic E-state index is 0.0499. The molecule has 0 aromatic heterocycles. The van der Waals surface area contributed by atoms with Crippen LogP contribution in [0.25, 0.3) is 0 Å². The molecule has 1 amide bonds. The summed E-state index contributed by atoms with van der Waals surface area (Å²) in [6.07, 6.45) is 0.276. The first-order valence-electron chi connectivity index (χ1n) is 9.73. The van der Waals surface area contributed by atoms with Crippen LogP contribution in [0, 0.1) is 13.8 Å². The monoisotopic (exact) mass is 416 g/mol. The Kier molecular flexibility index (Phi) is 5.63. The fourth-order valence-electron chi connectivity index (χ4n) is 3.62. The Bertz CT molecular complexity index is 995. The molecule has 1 saturated heterocycles. The van der Waals surface area contributed by atoms with Gasteiger partial charge in [0.05, 0.1) is 11.8 Å². The third-order valence-electron chi connectivity index (χ3n) is 5.30. The zero-order valence-electron chi connectivity index (χ0n) is 17.5. The maximum atomic E-state index is 13.4. The van der Waals surface area contributed by atoms with E-state index < -0.39 is 20.7 Å². The molecule has 3 rings (SSSR count). The van der Waals surface area contributed by atoms with Gasteiger partial charge in [0, 0.05) is 12.2 Å². The van der Waals surface area contributed by atoms with Crippen LogP contribution in [-0.2, 0) is 14.8 Å². The normalized spacial score (nSPS) is 20.7. The van der Waals surface area contributed by atoms with Crippen LogP contribution in [0.2, 0.25) is 0 Å². The highest BCUT2D eigenvalue weighted by Gasteiger charge is 2.55. The van der Waals surface area contributed by atoms with Gasteiger partial charge in [0.15, 0.2) is 4.75 Å². The number of hydrogen-bond acceptors (Lipinski definition) is 4. The van der Waals surface area contributed by atoms with Gasteiger partial charge in [-0.15, -0.1) is 0 Å². The summed E-state index contributed by atoms with van der Waals surface area (Å²) in [7, 11) is -3.87. The molecule has 0 radical (unpaired) electrons. The third kappa shape index (κ3) is 3.83. The number of ether oxygens (including phenoxy) is 1. The second-order valence-corrected chi connectivity index (χ2v) is 10.2. The largest absolute Gasteiger partial charge is 0.491 e. The molecular formula is C22H28N2O4S. The number of para-hydroxylation sites is 1. The summed E-state index contributed by atoms with van der Waals surface area (Å²) in [5.74, 6) is 0.169. The molecular weight excluding hydrogens is 388 g/mol. The Labute approximate surface area is 172 Å². The Morgan fingerprint density at radius 3 is 2.24 bits per heavy atom. The summed E-state index contributed by atoms with van der Waals surface area (Å²) in [5, 5.41) is 2.76. The topological polar surface area (TPSA) is 75.7 Å². The van der Waals surface area contributed by atoms with Crippen LogP contribution in [0.1, 0.15) is 38.3 Å². The van der Waals surface area contributed by atoms with Crippen molar-refractivity contribution in [3.8, 4) is 5.75 Å². The van der Waals surface area contributed by atoms with E-state index in [1.165, 1.54) is 11.2 Å². The quantitative estimate of drug-likeness (QED) is 0.799. The highest BCUT2D eigenvalue weighted by molar-refractivity contribution is 7.95. The SMILES string of the molecule is Cc1cccc(C)c1N1CC[C@](C)(C(=O)Nc2ccc(OC(C)C)cc2)S1(=O)=O. The van der Waals surface area contributed by atoms with Crippen LogP contribution in [-0.4, -0.2) is 31.7 Å². The van der Waals surface area contributed by atoms with Crippen LogP contribution < -0.4 is 14.4 Å². The van der Waals surface area contributed by atoms with E-state index >= 15 is 0 Å². The van der Waals surface area contributed by atoms with Gasteiger partial charge >= 0.3 is 0 Å². The van der Waals surface area contributed by atoms with Crippen molar-refractivity contribution >= 4 is 27.3 Å². The van der Waals surface area contributed by atoms with Crippen molar-refractivity contribution in [2.75, 3.05) is 16.2 Å². The van der Waals surface area contributed by atoms with Crippen LogP contribution in [0.3, 0.4) is 0 Å². The van der Waals surface area contributed by atoms with Gasteiger partial charge < -0.3 is 10.1 Å². The molecule has 1 aliphatic rings. The predicted octanol–water partition coefficient (Wildman–Crippen LogP) is 4.03. The standard InChI is InChI=1S/C22H28N2O4S/c1-15(2)28-19-11-9-18(10-12-19)23-21(25)22(5)13-14-24(29(22,26)27)20-16(3)7-6-8-17(20)4/h6-12,15H,13-14H2,1-5H3,(H,23,25)/t22-/m1/s1. The van der Waals surface area contributed by atoms with Gasteiger partial charge in [-0.05, 0) is 76.4 Å². The number of hydrogen-bond donors (Lipinski definition) is 1. The number of amides is 1. The molecule has 29 heavy (non-hydrogen) atoms. The number of carbonyl (C=O) groups is 1. The van der Waals surface area contributed by atoms with E-state index in [1.54, 1.807) is 24.3 Å². The molecule has 0 spiro atoms. The molecule has 0 saturated carbocycles. The smallest absolute Gasteiger partial charge is 0.249 e. The van der Waals surface area contributed by atoms with Gasteiger partial charge in [-0.3, -0.25) is 9.10 Å². The number of aryl methyl sites for hydroxylation is 2. The third-order valence-corrected chi connectivity index (χ3v) is 7.78. The lowest BCUT2D eigenvalue weighted by Gasteiger charge is -2.27. The molecule has 1 N–H and O–H groups in total. The van der Waals surface area contributed by atoms with Gasteiger partial charge in [-0.25, -0.2) is 8.42 Å². The second-order valence-electron chi connectivity index (χ2n) is 7.94. The lowest BCUT2D eigenvalue weighted by Crippen LogP contribution is -2.47. The number of anilines is 2. The Morgan fingerprint density at radius 2 is 1.69 bits per heavy atom. The molecule has 1 atom stereocenters. The number of benzene rings is 2. The second kappa shape index (κ2) is 7.71.